The lowest BCUT2D eigenvalue weighted by Gasteiger charge is -2.17. The van der Waals surface area contributed by atoms with Crippen molar-refractivity contribution in [3.63, 3.8) is 0 Å². The topological polar surface area (TPSA) is 95.9 Å². The van der Waals surface area contributed by atoms with Crippen LogP contribution in [0.15, 0.2) is 42.5 Å². The van der Waals surface area contributed by atoms with E-state index >= 15 is 0 Å². The zero-order valence-corrected chi connectivity index (χ0v) is 14.9. The molecule has 0 radical (unpaired) electrons. The fourth-order valence-electron chi connectivity index (χ4n) is 3.00. The molecule has 1 aliphatic heterocycles. The number of nitrogens with zero attached hydrogens (tertiary/aromatic N) is 1. The molecule has 3 rings (SSSR count). The number of anilines is 1. The molecule has 0 saturated carbocycles. The third-order valence-electron chi connectivity index (χ3n) is 4.48. The first-order valence-electron chi connectivity index (χ1n) is 8.61. The molecule has 0 atom stereocenters. The first kappa shape index (κ1) is 18.4. The summed E-state index contributed by atoms with van der Waals surface area (Å²) < 4.78 is 5.28. The molecule has 7 heteroatoms. The number of amides is 2. The second-order valence-electron chi connectivity index (χ2n) is 6.25. The minimum absolute atomic E-state index is 0.0727. The van der Waals surface area contributed by atoms with Gasteiger partial charge in [-0.3, -0.25) is 9.59 Å². The number of methoxy groups -OCH3 is 1. The molecule has 0 unspecified atom stereocenters. The lowest BCUT2D eigenvalue weighted by Crippen LogP contribution is -2.27. The summed E-state index contributed by atoms with van der Waals surface area (Å²) in [6, 6.07) is 10.5. The molecule has 1 heterocycles. The molecular formula is C20H20N2O5. The monoisotopic (exact) mass is 368 g/mol. The van der Waals surface area contributed by atoms with Crippen molar-refractivity contribution in [1.29, 1.82) is 0 Å². The Morgan fingerprint density at radius 3 is 2.15 bits per heavy atom. The lowest BCUT2D eigenvalue weighted by molar-refractivity contribution is 0.0695. The van der Waals surface area contributed by atoms with Crippen LogP contribution in [0.25, 0.3) is 0 Å². The third kappa shape index (κ3) is 4.08. The molecule has 2 aromatic rings. The summed E-state index contributed by atoms with van der Waals surface area (Å²) in [7, 11) is 1.48. The molecule has 27 heavy (non-hydrogen) atoms. The maximum Gasteiger partial charge on any atom is 0.335 e. The number of carbonyl (C=O) groups excluding carboxylic acids is 2. The van der Waals surface area contributed by atoms with Crippen molar-refractivity contribution in [1.82, 2.24) is 4.90 Å². The van der Waals surface area contributed by atoms with Gasteiger partial charge in [-0.2, -0.15) is 0 Å². The highest BCUT2D eigenvalue weighted by Gasteiger charge is 2.21. The average molecular weight is 368 g/mol. The van der Waals surface area contributed by atoms with E-state index in [-0.39, 0.29) is 11.5 Å². The van der Waals surface area contributed by atoms with Crippen LogP contribution in [0.4, 0.5) is 5.69 Å². The Morgan fingerprint density at radius 2 is 1.56 bits per heavy atom. The Bertz CT molecular complexity index is 870. The quantitative estimate of drug-likeness (QED) is 0.846. The number of carbonyl (C=O) groups is 3. The summed E-state index contributed by atoms with van der Waals surface area (Å²) in [5.74, 6) is -1.12. The molecule has 0 aliphatic carbocycles. The van der Waals surface area contributed by atoms with Crippen LogP contribution in [0.2, 0.25) is 0 Å². The smallest absolute Gasteiger partial charge is 0.335 e. The Balaban J connectivity index is 1.81. The molecule has 2 aromatic carbocycles. The number of benzene rings is 2. The predicted octanol–water partition coefficient (Wildman–Crippen LogP) is 2.88. The average Bonchev–Trinajstić information content (AvgIpc) is 3.22. The van der Waals surface area contributed by atoms with Gasteiger partial charge < -0.3 is 20.1 Å². The van der Waals surface area contributed by atoms with Gasteiger partial charge in [0.1, 0.15) is 5.75 Å². The van der Waals surface area contributed by atoms with Gasteiger partial charge in [-0.1, -0.05) is 0 Å². The molecule has 2 N–H and O–H groups in total. The zero-order chi connectivity index (χ0) is 19.4. The van der Waals surface area contributed by atoms with E-state index < -0.39 is 11.9 Å². The highest BCUT2D eigenvalue weighted by Crippen LogP contribution is 2.27. The van der Waals surface area contributed by atoms with Crippen LogP contribution < -0.4 is 10.1 Å². The fourth-order valence-corrected chi connectivity index (χ4v) is 3.00. The molecule has 1 fully saturated rings. The van der Waals surface area contributed by atoms with E-state index in [0.717, 1.165) is 25.9 Å². The van der Waals surface area contributed by atoms with E-state index in [2.05, 4.69) is 5.32 Å². The van der Waals surface area contributed by atoms with Gasteiger partial charge >= 0.3 is 5.97 Å². The van der Waals surface area contributed by atoms with Crippen LogP contribution >= 0.6 is 0 Å². The number of rotatable bonds is 5. The van der Waals surface area contributed by atoms with Crippen LogP contribution in [-0.4, -0.2) is 48.0 Å². The fraction of sp³-hybridized carbons (Fsp3) is 0.250. The third-order valence-corrected chi connectivity index (χ3v) is 4.48. The normalized spacial score (nSPS) is 13.3. The first-order chi connectivity index (χ1) is 13.0. The van der Waals surface area contributed by atoms with E-state index in [4.69, 9.17) is 9.84 Å². The molecule has 1 saturated heterocycles. The Hall–Kier alpha value is -3.35. The second kappa shape index (κ2) is 7.90. The summed E-state index contributed by atoms with van der Waals surface area (Å²) in [6.45, 7) is 1.48. The number of nitrogens with one attached hydrogen (secondary N) is 1. The zero-order valence-electron chi connectivity index (χ0n) is 14.9. The number of likely N-dealkylation sites (tertiary alicyclic amines) is 1. The van der Waals surface area contributed by atoms with E-state index in [1.54, 1.807) is 23.1 Å². The number of aromatic carboxylic acids is 1. The summed E-state index contributed by atoms with van der Waals surface area (Å²) in [4.78, 5) is 37.8. The second-order valence-corrected chi connectivity index (χ2v) is 6.25. The minimum Gasteiger partial charge on any atom is -0.495 e. The van der Waals surface area contributed by atoms with Crippen LogP contribution in [0.1, 0.15) is 43.9 Å². The molecule has 0 bridgehead atoms. The maximum absolute atomic E-state index is 12.6. The molecule has 0 aromatic heterocycles. The van der Waals surface area contributed by atoms with Gasteiger partial charge in [0.2, 0.25) is 0 Å². The van der Waals surface area contributed by atoms with Gasteiger partial charge in [-0.05, 0) is 55.3 Å². The Labute approximate surface area is 156 Å². The van der Waals surface area contributed by atoms with Crippen LogP contribution in [0, 0.1) is 0 Å². The van der Waals surface area contributed by atoms with Crippen molar-refractivity contribution in [2.24, 2.45) is 0 Å². The number of ether oxygens (including phenoxy) is 1. The van der Waals surface area contributed by atoms with Crippen molar-refractivity contribution in [2.45, 2.75) is 12.8 Å². The molecule has 140 valence electrons. The standard InChI is InChI=1S/C20H20N2O5/c1-27-17-9-8-15(19(24)22-10-2-3-11-22)12-16(17)21-18(23)13-4-6-14(7-5-13)20(25)26/h4-9,12H,2-3,10-11H2,1H3,(H,21,23)(H,25,26). The van der Waals surface area contributed by atoms with E-state index in [0.29, 0.717) is 22.6 Å². The van der Waals surface area contributed by atoms with Crippen molar-refractivity contribution >= 4 is 23.5 Å². The summed E-state index contributed by atoms with van der Waals surface area (Å²) in [6.07, 6.45) is 2.00. The van der Waals surface area contributed by atoms with Gasteiger partial charge in [0.05, 0.1) is 18.4 Å². The molecule has 7 nitrogen and oxygen atoms in total. The van der Waals surface area contributed by atoms with Gasteiger partial charge in [-0.25, -0.2) is 4.79 Å². The van der Waals surface area contributed by atoms with Crippen molar-refractivity contribution in [2.75, 3.05) is 25.5 Å². The van der Waals surface area contributed by atoms with Crippen LogP contribution in [-0.2, 0) is 0 Å². The molecule has 0 spiro atoms. The SMILES string of the molecule is COc1ccc(C(=O)N2CCCC2)cc1NC(=O)c1ccc(C(=O)O)cc1. The van der Waals surface area contributed by atoms with Gasteiger partial charge in [0.15, 0.2) is 0 Å². The highest BCUT2D eigenvalue weighted by atomic mass is 16.5. The molecular weight excluding hydrogens is 348 g/mol. The van der Waals surface area contributed by atoms with Gasteiger partial charge in [0.25, 0.3) is 11.8 Å². The van der Waals surface area contributed by atoms with E-state index in [9.17, 15) is 14.4 Å². The Morgan fingerprint density at radius 1 is 0.963 bits per heavy atom. The summed E-state index contributed by atoms with van der Waals surface area (Å²) in [5, 5.41) is 11.7. The number of carboxylic acids is 1. The first-order valence-corrected chi connectivity index (χ1v) is 8.61. The summed E-state index contributed by atoms with van der Waals surface area (Å²) >= 11 is 0. The van der Waals surface area contributed by atoms with E-state index in [1.807, 2.05) is 0 Å². The Kier molecular flexibility index (Phi) is 5.40. The minimum atomic E-state index is -1.06. The van der Waals surface area contributed by atoms with Crippen LogP contribution in [0.3, 0.4) is 0 Å². The van der Waals surface area contributed by atoms with Crippen molar-refractivity contribution in [3.8, 4) is 5.75 Å². The van der Waals surface area contributed by atoms with E-state index in [1.165, 1.54) is 31.4 Å². The van der Waals surface area contributed by atoms with Gasteiger partial charge in [0, 0.05) is 24.2 Å². The van der Waals surface area contributed by atoms with Crippen molar-refractivity contribution < 1.29 is 24.2 Å². The maximum atomic E-state index is 12.6. The van der Waals surface area contributed by atoms with Gasteiger partial charge in [-0.15, -0.1) is 0 Å². The number of carboxylic acid groups (broad SMARTS) is 1. The number of hydrogen-bond acceptors (Lipinski definition) is 4. The summed E-state index contributed by atoms with van der Waals surface area (Å²) in [5.41, 5.74) is 1.27. The molecule has 1 aliphatic rings. The lowest BCUT2D eigenvalue weighted by atomic mass is 10.1. The molecule has 2 amide bonds. The largest absolute Gasteiger partial charge is 0.495 e. The van der Waals surface area contributed by atoms with Crippen LogP contribution in [0.5, 0.6) is 5.75 Å². The number of hydrogen-bond donors (Lipinski definition) is 2. The van der Waals surface area contributed by atoms with Crippen molar-refractivity contribution in [3.05, 3.63) is 59.2 Å². The highest BCUT2D eigenvalue weighted by molar-refractivity contribution is 6.06. The predicted molar refractivity (Wildman–Crippen MR) is 99.5 cm³/mol.